The fourth-order valence-electron chi connectivity index (χ4n) is 2.03. The summed E-state index contributed by atoms with van der Waals surface area (Å²) in [7, 11) is 0. The minimum atomic E-state index is -0.0838. The summed E-state index contributed by atoms with van der Waals surface area (Å²) in [6.45, 7) is 4.81. The highest BCUT2D eigenvalue weighted by Crippen LogP contribution is 2.20. The van der Waals surface area contributed by atoms with E-state index in [4.69, 9.17) is 5.11 Å². The molecule has 0 unspecified atom stereocenters. The first-order valence-corrected chi connectivity index (χ1v) is 6.84. The minimum absolute atomic E-state index is 0.0803. The number of hydrogen-bond acceptors (Lipinski definition) is 3. The summed E-state index contributed by atoms with van der Waals surface area (Å²) < 4.78 is 0. The number of imidazole rings is 1. The second-order valence-corrected chi connectivity index (χ2v) is 5.82. The van der Waals surface area contributed by atoms with E-state index in [1.807, 2.05) is 19.9 Å². The van der Waals surface area contributed by atoms with Gasteiger partial charge in [-0.05, 0) is 36.5 Å². The zero-order valence-corrected chi connectivity index (χ0v) is 11.9. The first-order valence-electron chi connectivity index (χ1n) is 6.84. The van der Waals surface area contributed by atoms with Crippen molar-refractivity contribution in [3.63, 3.8) is 0 Å². The quantitative estimate of drug-likeness (QED) is 0.706. The molecule has 0 radical (unpaired) electrons. The third kappa shape index (κ3) is 3.57. The Bertz CT molecular complexity index is 590. The van der Waals surface area contributed by atoms with Crippen LogP contribution in [0.3, 0.4) is 0 Å². The maximum Gasteiger partial charge on any atom is 0.251 e. The minimum Gasteiger partial charge on any atom is -0.396 e. The van der Waals surface area contributed by atoms with E-state index in [0.29, 0.717) is 12.1 Å². The van der Waals surface area contributed by atoms with Crippen LogP contribution < -0.4 is 5.32 Å². The second kappa shape index (κ2) is 6.05. The number of nitrogens with one attached hydrogen (secondary N) is 2. The third-order valence-electron chi connectivity index (χ3n) is 3.43. The lowest BCUT2D eigenvalue weighted by Crippen LogP contribution is -2.26. The predicted molar refractivity (Wildman–Crippen MR) is 78.5 cm³/mol. The van der Waals surface area contributed by atoms with Gasteiger partial charge in [-0.2, -0.15) is 0 Å². The Morgan fingerprint density at radius 1 is 1.45 bits per heavy atom. The van der Waals surface area contributed by atoms with Crippen LogP contribution in [0.1, 0.15) is 37.0 Å². The summed E-state index contributed by atoms with van der Waals surface area (Å²) >= 11 is 0. The number of hydrogen-bond donors (Lipinski definition) is 3. The second-order valence-electron chi connectivity index (χ2n) is 5.82. The van der Waals surface area contributed by atoms with Gasteiger partial charge in [0.1, 0.15) is 0 Å². The molecular weight excluding hydrogens is 254 g/mol. The van der Waals surface area contributed by atoms with Crippen LogP contribution >= 0.6 is 0 Å². The molecule has 0 aliphatic heterocycles. The average Bonchev–Trinajstić information content (AvgIpc) is 2.90. The largest absolute Gasteiger partial charge is 0.396 e. The van der Waals surface area contributed by atoms with E-state index in [-0.39, 0.29) is 17.9 Å². The Morgan fingerprint density at radius 2 is 2.25 bits per heavy atom. The van der Waals surface area contributed by atoms with Gasteiger partial charge in [-0.25, -0.2) is 4.98 Å². The lowest BCUT2D eigenvalue weighted by Gasteiger charge is -2.21. The Hall–Kier alpha value is -1.88. The molecule has 0 fully saturated rings. The molecule has 108 valence electrons. The molecule has 1 aromatic heterocycles. The van der Waals surface area contributed by atoms with Crippen molar-refractivity contribution in [2.24, 2.45) is 5.41 Å². The zero-order chi connectivity index (χ0) is 14.6. The van der Waals surface area contributed by atoms with E-state index in [0.717, 1.165) is 23.9 Å². The Balaban J connectivity index is 1.85. The number of fused-ring (bicyclic) bond motifs is 1. The molecule has 20 heavy (non-hydrogen) atoms. The van der Waals surface area contributed by atoms with Gasteiger partial charge in [-0.1, -0.05) is 13.8 Å². The lowest BCUT2D eigenvalue weighted by atomic mass is 9.89. The molecule has 0 aliphatic rings. The Labute approximate surface area is 118 Å². The summed E-state index contributed by atoms with van der Waals surface area (Å²) in [6, 6.07) is 5.40. The average molecular weight is 275 g/mol. The molecule has 3 N–H and O–H groups in total. The van der Waals surface area contributed by atoms with Crippen LogP contribution in [0, 0.1) is 5.41 Å². The van der Waals surface area contributed by atoms with Crippen molar-refractivity contribution < 1.29 is 9.90 Å². The summed E-state index contributed by atoms with van der Waals surface area (Å²) in [5.41, 5.74) is 2.26. The van der Waals surface area contributed by atoms with Crippen molar-refractivity contribution >= 4 is 16.9 Å². The molecule has 0 bridgehead atoms. The van der Waals surface area contributed by atoms with Crippen LogP contribution in [0.5, 0.6) is 0 Å². The van der Waals surface area contributed by atoms with Crippen LogP contribution in [0.15, 0.2) is 24.5 Å². The number of aliphatic hydroxyl groups excluding tert-OH is 1. The van der Waals surface area contributed by atoms with E-state index in [1.54, 1.807) is 18.5 Å². The van der Waals surface area contributed by atoms with Crippen molar-refractivity contribution in [3.05, 3.63) is 30.1 Å². The van der Waals surface area contributed by atoms with Crippen LogP contribution in [-0.4, -0.2) is 34.1 Å². The van der Waals surface area contributed by atoms with Gasteiger partial charge in [-0.15, -0.1) is 0 Å². The van der Waals surface area contributed by atoms with Crippen LogP contribution in [0.25, 0.3) is 11.0 Å². The predicted octanol–water partition coefficient (Wildman–Crippen LogP) is 2.09. The molecule has 5 nitrogen and oxygen atoms in total. The lowest BCUT2D eigenvalue weighted by molar-refractivity contribution is 0.0948. The zero-order valence-electron chi connectivity index (χ0n) is 11.9. The third-order valence-corrected chi connectivity index (χ3v) is 3.43. The Kier molecular flexibility index (Phi) is 4.39. The highest BCUT2D eigenvalue weighted by molar-refractivity contribution is 5.97. The standard InChI is InChI=1S/C15H21N3O2/c1-15(2,9-19)6-3-7-16-14(20)11-4-5-12-13(8-11)18-10-17-12/h4-5,8,10,19H,3,6-7,9H2,1-2H3,(H,16,20)(H,17,18). The summed E-state index contributed by atoms with van der Waals surface area (Å²) in [5.74, 6) is -0.0803. The van der Waals surface area contributed by atoms with Crippen LogP contribution in [0.4, 0.5) is 0 Å². The highest BCUT2D eigenvalue weighted by atomic mass is 16.3. The number of nitrogens with zero attached hydrogens (tertiary/aromatic N) is 1. The summed E-state index contributed by atoms with van der Waals surface area (Å²) in [4.78, 5) is 19.1. The highest BCUT2D eigenvalue weighted by Gasteiger charge is 2.15. The molecule has 2 rings (SSSR count). The van der Waals surface area contributed by atoms with E-state index in [9.17, 15) is 4.79 Å². The van der Waals surface area contributed by atoms with E-state index >= 15 is 0 Å². The molecule has 5 heteroatoms. The topological polar surface area (TPSA) is 78.0 Å². The van der Waals surface area contributed by atoms with Crippen molar-refractivity contribution in [1.82, 2.24) is 15.3 Å². The SMILES string of the molecule is CC(C)(CO)CCCNC(=O)c1ccc2nc[nH]c2c1. The van der Waals surface area contributed by atoms with Gasteiger partial charge >= 0.3 is 0 Å². The number of aromatic nitrogens is 2. The van der Waals surface area contributed by atoms with Crippen molar-refractivity contribution in [2.75, 3.05) is 13.2 Å². The molecule has 0 spiro atoms. The van der Waals surface area contributed by atoms with Gasteiger partial charge in [0, 0.05) is 18.7 Å². The fourth-order valence-corrected chi connectivity index (χ4v) is 2.03. The Morgan fingerprint density at radius 3 is 3.00 bits per heavy atom. The van der Waals surface area contributed by atoms with Crippen LogP contribution in [-0.2, 0) is 0 Å². The van der Waals surface area contributed by atoms with Gasteiger partial charge in [0.2, 0.25) is 0 Å². The molecule has 1 aromatic carbocycles. The molecule has 0 atom stereocenters. The number of carbonyl (C=O) groups is 1. The van der Waals surface area contributed by atoms with Gasteiger partial charge in [0.25, 0.3) is 5.91 Å². The van der Waals surface area contributed by atoms with Crippen molar-refractivity contribution in [3.8, 4) is 0 Å². The van der Waals surface area contributed by atoms with Crippen LogP contribution in [0.2, 0.25) is 0 Å². The van der Waals surface area contributed by atoms with Crippen molar-refractivity contribution in [2.45, 2.75) is 26.7 Å². The molecule has 1 heterocycles. The number of carbonyl (C=O) groups excluding carboxylic acids is 1. The van der Waals surface area contributed by atoms with E-state index in [2.05, 4.69) is 15.3 Å². The van der Waals surface area contributed by atoms with Gasteiger partial charge in [0.05, 0.1) is 17.4 Å². The number of aliphatic hydroxyl groups is 1. The molecule has 2 aromatic rings. The number of benzene rings is 1. The monoisotopic (exact) mass is 275 g/mol. The number of rotatable bonds is 6. The number of amides is 1. The van der Waals surface area contributed by atoms with Gasteiger partial charge in [-0.3, -0.25) is 4.79 Å². The smallest absolute Gasteiger partial charge is 0.251 e. The van der Waals surface area contributed by atoms with E-state index in [1.165, 1.54) is 0 Å². The number of aromatic amines is 1. The normalized spacial score (nSPS) is 11.8. The first kappa shape index (κ1) is 14.5. The van der Waals surface area contributed by atoms with E-state index < -0.39 is 0 Å². The molecule has 0 aliphatic carbocycles. The fraction of sp³-hybridized carbons (Fsp3) is 0.467. The molecule has 0 saturated heterocycles. The molecule has 1 amide bonds. The van der Waals surface area contributed by atoms with Gasteiger partial charge in [0.15, 0.2) is 0 Å². The summed E-state index contributed by atoms with van der Waals surface area (Å²) in [6.07, 6.45) is 3.35. The van der Waals surface area contributed by atoms with Gasteiger partial charge < -0.3 is 15.4 Å². The molecular formula is C15H21N3O2. The number of H-pyrrole nitrogens is 1. The molecule has 0 saturated carbocycles. The summed E-state index contributed by atoms with van der Waals surface area (Å²) in [5, 5.41) is 12.1. The maximum atomic E-state index is 12.0. The maximum absolute atomic E-state index is 12.0. The first-order chi connectivity index (χ1) is 9.52. The van der Waals surface area contributed by atoms with Crippen molar-refractivity contribution in [1.29, 1.82) is 0 Å².